The van der Waals surface area contributed by atoms with Gasteiger partial charge in [-0.05, 0) is 25.0 Å². The van der Waals surface area contributed by atoms with Crippen LogP contribution in [-0.4, -0.2) is 13.1 Å². The van der Waals surface area contributed by atoms with Crippen molar-refractivity contribution in [2.24, 2.45) is 0 Å². The van der Waals surface area contributed by atoms with Gasteiger partial charge in [-0.2, -0.15) is 10.5 Å². The molecular weight excluding hydrogens is 284 g/mol. The van der Waals surface area contributed by atoms with E-state index >= 15 is 0 Å². The van der Waals surface area contributed by atoms with Crippen LogP contribution < -0.4 is 0 Å². The van der Waals surface area contributed by atoms with Crippen LogP contribution in [0.1, 0.15) is 23.2 Å². The summed E-state index contributed by atoms with van der Waals surface area (Å²) in [6.45, 7) is 0. The lowest BCUT2D eigenvalue weighted by Gasteiger charge is -2.15. The fraction of sp³-hybridized carbons (Fsp3) is 0.188. The van der Waals surface area contributed by atoms with Gasteiger partial charge in [0.1, 0.15) is 6.07 Å². The largest absolute Gasteiger partial charge is 0.465 e. The van der Waals surface area contributed by atoms with Gasteiger partial charge in [0.05, 0.1) is 24.3 Å². The first kappa shape index (κ1) is 14.9. The molecule has 0 spiro atoms. The van der Waals surface area contributed by atoms with Gasteiger partial charge in [0.25, 0.3) is 0 Å². The number of nitrogens with zero attached hydrogens (tertiary/aromatic N) is 2. The highest BCUT2D eigenvalue weighted by atomic mass is 32.2. The van der Waals surface area contributed by atoms with Crippen LogP contribution in [0.3, 0.4) is 0 Å². The van der Waals surface area contributed by atoms with Crippen LogP contribution in [0.5, 0.6) is 0 Å². The van der Waals surface area contributed by atoms with Crippen molar-refractivity contribution in [3.63, 3.8) is 0 Å². The van der Waals surface area contributed by atoms with E-state index in [1.807, 2.05) is 6.08 Å². The molecule has 5 heteroatoms. The third-order valence-corrected chi connectivity index (χ3v) is 4.27. The van der Waals surface area contributed by atoms with E-state index in [4.69, 9.17) is 4.74 Å². The number of ether oxygens (including phenoxy) is 1. The molecule has 0 unspecified atom stereocenters. The fourth-order valence-corrected chi connectivity index (χ4v) is 3.13. The van der Waals surface area contributed by atoms with Crippen LogP contribution in [0, 0.1) is 22.7 Å². The molecular formula is C16H12N2O2S. The Bertz CT molecular complexity index is 721. The summed E-state index contributed by atoms with van der Waals surface area (Å²) in [6, 6.07) is 11.3. The highest BCUT2D eigenvalue weighted by Gasteiger charge is 2.20. The average Bonchev–Trinajstić information content (AvgIpc) is 2.54. The predicted octanol–water partition coefficient (Wildman–Crippen LogP) is 3.59. The molecule has 0 atom stereocenters. The van der Waals surface area contributed by atoms with Crippen molar-refractivity contribution in [1.29, 1.82) is 10.5 Å². The van der Waals surface area contributed by atoms with Crippen molar-refractivity contribution in [1.82, 2.24) is 0 Å². The molecule has 0 aliphatic heterocycles. The zero-order chi connectivity index (χ0) is 15.2. The summed E-state index contributed by atoms with van der Waals surface area (Å²) in [5.74, 6) is -0.435. The van der Waals surface area contributed by atoms with Crippen molar-refractivity contribution in [3.8, 4) is 12.1 Å². The average molecular weight is 296 g/mol. The Hall–Kier alpha value is -2.50. The number of allylic oxidation sites excluding steroid dienone is 3. The lowest BCUT2D eigenvalue weighted by Crippen LogP contribution is -2.04. The number of rotatable bonds is 3. The molecule has 0 saturated heterocycles. The Morgan fingerprint density at radius 1 is 1.29 bits per heavy atom. The Kier molecular flexibility index (Phi) is 4.81. The van der Waals surface area contributed by atoms with E-state index in [1.165, 1.54) is 18.9 Å². The van der Waals surface area contributed by atoms with Crippen LogP contribution in [-0.2, 0) is 4.74 Å². The van der Waals surface area contributed by atoms with Gasteiger partial charge in [0, 0.05) is 15.4 Å². The third-order valence-electron chi connectivity index (χ3n) is 3.02. The quantitative estimate of drug-likeness (QED) is 0.797. The number of nitriles is 2. The van der Waals surface area contributed by atoms with Gasteiger partial charge in [-0.1, -0.05) is 30.0 Å². The van der Waals surface area contributed by atoms with E-state index in [0.29, 0.717) is 39.4 Å². The van der Waals surface area contributed by atoms with E-state index in [1.54, 1.807) is 24.3 Å². The van der Waals surface area contributed by atoms with E-state index in [9.17, 15) is 15.3 Å². The molecule has 0 saturated carbocycles. The number of carbonyl (C=O) groups excluding carboxylic acids is 1. The summed E-state index contributed by atoms with van der Waals surface area (Å²) in [5.41, 5.74) is 1.50. The van der Waals surface area contributed by atoms with Crippen LogP contribution in [0.2, 0.25) is 0 Å². The number of hydrogen-bond donors (Lipinski definition) is 0. The van der Waals surface area contributed by atoms with Gasteiger partial charge in [-0.3, -0.25) is 0 Å². The molecule has 0 aromatic heterocycles. The van der Waals surface area contributed by atoms with Crippen LogP contribution in [0.4, 0.5) is 0 Å². The summed E-state index contributed by atoms with van der Waals surface area (Å²) in [5, 5.41) is 18.4. The monoisotopic (exact) mass is 296 g/mol. The van der Waals surface area contributed by atoms with Gasteiger partial charge >= 0.3 is 5.97 Å². The minimum absolute atomic E-state index is 0.428. The molecule has 0 fully saturated rings. The SMILES string of the molecule is COC(=O)c1ccccc1SC1=C(C#N)CCC=C1C#N. The Balaban J connectivity index is 2.44. The second kappa shape index (κ2) is 6.78. The maximum atomic E-state index is 11.8. The summed E-state index contributed by atoms with van der Waals surface area (Å²) in [7, 11) is 1.32. The zero-order valence-corrected chi connectivity index (χ0v) is 12.2. The summed E-state index contributed by atoms with van der Waals surface area (Å²) < 4.78 is 4.76. The van der Waals surface area contributed by atoms with Crippen molar-refractivity contribution >= 4 is 17.7 Å². The number of benzene rings is 1. The fourth-order valence-electron chi connectivity index (χ4n) is 1.99. The second-order valence-electron chi connectivity index (χ2n) is 4.28. The minimum Gasteiger partial charge on any atom is -0.465 e. The molecule has 0 bridgehead atoms. The summed E-state index contributed by atoms with van der Waals surface area (Å²) in [6.07, 6.45) is 3.13. The Morgan fingerprint density at radius 3 is 2.71 bits per heavy atom. The van der Waals surface area contributed by atoms with E-state index in [2.05, 4.69) is 12.1 Å². The summed E-state index contributed by atoms with van der Waals surface area (Å²) >= 11 is 1.27. The van der Waals surface area contributed by atoms with Crippen LogP contribution in [0.25, 0.3) is 0 Å². The standard InChI is InChI=1S/C16H12N2O2S/c1-20-16(19)13-7-2-3-8-14(13)21-15-11(9-17)5-4-6-12(15)10-18/h2-3,5,7-8H,4,6H2,1H3. The minimum atomic E-state index is -0.435. The van der Waals surface area contributed by atoms with Crippen LogP contribution in [0.15, 0.2) is 51.3 Å². The molecule has 0 radical (unpaired) electrons. The third kappa shape index (κ3) is 3.16. The Morgan fingerprint density at radius 2 is 2.05 bits per heavy atom. The van der Waals surface area contributed by atoms with Gasteiger partial charge < -0.3 is 4.74 Å². The number of hydrogen-bond acceptors (Lipinski definition) is 5. The molecule has 1 aromatic rings. The first-order valence-electron chi connectivity index (χ1n) is 6.30. The topological polar surface area (TPSA) is 73.9 Å². The van der Waals surface area contributed by atoms with E-state index in [0.717, 1.165) is 0 Å². The smallest absolute Gasteiger partial charge is 0.339 e. The first-order chi connectivity index (χ1) is 10.2. The van der Waals surface area contributed by atoms with Crippen LogP contribution >= 0.6 is 11.8 Å². The lowest BCUT2D eigenvalue weighted by atomic mass is 10.0. The molecule has 2 rings (SSSR count). The maximum absolute atomic E-state index is 11.8. The molecule has 21 heavy (non-hydrogen) atoms. The van der Waals surface area contributed by atoms with Crippen molar-refractivity contribution in [3.05, 3.63) is 52.0 Å². The van der Waals surface area contributed by atoms with Crippen molar-refractivity contribution in [2.45, 2.75) is 17.7 Å². The van der Waals surface area contributed by atoms with Gasteiger partial charge in [-0.15, -0.1) is 0 Å². The lowest BCUT2D eigenvalue weighted by molar-refractivity contribution is 0.0597. The summed E-state index contributed by atoms with van der Waals surface area (Å²) in [4.78, 5) is 13.1. The second-order valence-corrected chi connectivity index (χ2v) is 5.33. The van der Waals surface area contributed by atoms with Gasteiger partial charge in [0.2, 0.25) is 0 Å². The molecule has 0 heterocycles. The molecule has 104 valence electrons. The van der Waals surface area contributed by atoms with E-state index in [-0.39, 0.29) is 0 Å². The number of carbonyl (C=O) groups is 1. The van der Waals surface area contributed by atoms with Gasteiger partial charge in [-0.25, -0.2) is 4.79 Å². The number of methoxy groups -OCH3 is 1. The van der Waals surface area contributed by atoms with Crippen molar-refractivity contribution in [2.75, 3.05) is 7.11 Å². The number of esters is 1. The first-order valence-corrected chi connectivity index (χ1v) is 7.12. The molecule has 0 amide bonds. The van der Waals surface area contributed by atoms with Gasteiger partial charge in [0.15, 0.2) is 0 Å². The molecule has 1 aliphatic rings. The highest BCUT2D eigenvalue weighted by molar-refractivity contribution is 8.03. The Labute approximate surface area is 127 Å². The molecule has 4 nitrogen and oxygen atoms in total. The number of thioether (sulfide) groups is 1. The normalized spacial score (nSPS) is 14.0. The molecule has 1 aromatic carbocycles. The predicted molar refractivity (Wildman–Crippen MR) is 79.2 cm³/mol. The zero-order valence-electron chi connectivity index (χ0n) is 11.4. The van der Waals surface area contributed by atoms with E-state index < -0.39 is 5.97 Å². The molecule has 1 aliphatic carbocycles. The maximum Gasteiger partial charge on any atom is 0.339 e. The molecule has 0 N–H and O–H groups in total. The van der Waals surface area contributed by atoms with Crippen molar-refractivity contribution < 1.29 is 9.53 Å². The highest BCUT2D eigenvalue weighted by Crippen LogP contribution is 2.39.